The summed E-state index contributed by atoms with van der Waals surface area (Å²) in [5.41, 5.74) is -0.923. The van der Waals surface area contributed by atoms with E-state index in [2.05, 4.69) is 15.3 Å². The molecule has 0 bridgehead atoms. The van der Waals surface area contributed by atoms with Gasteiger partial charge in [-0.3, -0.25) is 9.59 Å². The quantitative estimate of drug-likeness (QED) is 0.782. The first kappa shape index (κ1) is 17.8. The van der Waals surface area contributed by atoms with E-state index in [0.717, 1.165) is 11.6 Å². The van der Waals surface area contributed by atoms with Crippen LogP contribution in [0.3, 0.4) is 0 Å². The van der Waals surface area contributed by atoms with Gasteiger partial charge in [-0.1, -0.05) is 0 Å². The summed E-state index contributed by atoms with van der Waals surface area (Å²) in [7, 11) is -3.31. The maximum Gasteiger partial charge on any atom is 0.263 e. The monoisotopic (exact) mass is 379 g/mol. The Bertz CT molecular complexity index is 1010. The molecular formula is C16H14FN3O5S. The number of nitrogens with zero attached hydrogens (tertiary/aromatic N) is 1. The third-order valence-corrected chi connectivity index (χ3v) is 4.93. The molecule has 3 rings (SSSR count). The first-order valence-corrected chi connectivity index (χ1v) is 9.22. The number of carbonyl (C=O) groups is 1. The Morgan fingerprint density at radius 2 is 2.08 bits per heavy atom. The van der Waals surface area contributed by atoms with Gasteiger partial charge in [-0.15, -0.1) is 0 Å². The van der Waals surface area contributed by atoms with Crippen LogP contribution in [0.2, 0.25) is 0 Å². The van der Waals surface area contributed by atoms with Gasteiger partial charge < -0.3 is 15.0 Å². The van der Waals surface area contributed by atoms with Crippen LogP contribution in [-0.2, 0) is 16.4 Å². The van der Waals surface area contributed by atoms with E-state index in [1.54, 1.807) is 0 Å². The Kier molecular flexibility index (Phi) is 4.85. The summed E-state index contributed by atoms with van der Waals surface area (Å²) in [6, 6.07) is 4.64. The van der Waals surface area contributed by atoms with Crippen molar-refractivity contribution in [3.8, 4) is 5.75 Å². The highest BCUT2D eigenvalue weighted by atomic mass is 32.2. The largest absolute Gasteiger partial charge is 0.486 e. The van der Waals surface area contributed by atoms with Crippen molar-refractivity contribution in [1.82, 2.24) is 15.3 Å². The minimum Gasteiger partial charge on any atom is -0.486 e. The minimum atomic E-state index is -3.31. The average Bonchev–Trinajstić information content (AvgIpc) is 2.93. The number of H-pyrrole nitrogens is 1. The molecule has 0 spiro atoms. The molecule has 1 aliphatic heterocycles. The molecule has 0 saturated carbocycles. The number of carbonyl (C=O) groups excluding carboxylic acids is 1. The third-order valence-electron chi connectivity index (χ3n) is 3.53. The van der Waals surface area contributed by atoms with Gasteiger partial charge in [-0.25, -0.2) is 17.8 Å². The first-order valence-electron chi connectivity index (χ1n) is 7.51. The minimum absolute atomic E-state index is 0.0770. The van der Waals surface area contributed by atoms with Gasteiger partial charge in [0.2, 0.25) is 0 Å². The molecule has 2 N–H and O–H groups in total. The fraction of sp³-hybridized carbons (Fsp3) is 0.188. The van der Waals surface area contributed by atoms with Gasteiger partial charge in [0.15, 0.2) is 9.84 Å². The molecular weight excluding hydrogens is 365 g/mol. The highest BCUT2D eigenvalue weighted by Crippen LogP contribution is 2.12. The van der Waals surface area contributed by atoms with Gasteiger partial charge in [0.25, 0.3) is 11.5 Å². The lowest BCUT2D eigenvalue weighted by Gasteiger charge is -2.10. The maximum absolute atomic E-state index is 12.8. The molecule has 0 saturated heterocycles. The van der Waals surface area contributed by atoms with E-state index < -0.39 is 33.2 Å². The number of hydrogen-bond donors (Lipinski definition) is 2. The van der Waals surface area contributed by atoms with Gasteiger partial charge in [0, 0.05) is 11.6 Å². The molecule has 26 heavy (non-hydrogen) atoms. The third kappa shape index (κ3) is 4.33. The molecule has 2 heterocycles. The molecule has 1 atom stereocenters. The van der Waals surface area contributed by atoms with E-state index in [1.165, 1.54) is 30.3 Å². The lowest BCUT2D eigenvalue weighted by atomic mass is 10.2. The molecule has 136 valence electrons. The van der Waals surface area contributed by atoms with Crippen LogP contribution in [0, 0.1) is 5.82 Å². The second-order valence-electron chi connectivity index (χ2n) is 5.55. The molecule has 0 radical (unpaired) electrons. The molecule has 0 unspecified atom stereocenters. The predicted octanol–water partition coefficient (Wildman–Crippen LogP) is 0.528. The van der Waals surface area contributed by atoms with Crippen LogP contribution in [0.25, 0.3) is 0 Å². The summed E-state index contributed by atoms with van der Waals surface area (Å²) in [4.78, 5) is 30.5. The van der Waals surface area contributed by atoms with E-state index in [-0.39, 0.29) is 23.7 Å². The fourth-order valence-corrected chi connectivity index (χ4v) is 3.50. The van der Waals surface area contributed by atoms with Gasteiger partial charge in [-0.2, -0.15) is 0 Å². The van der Waals surface area contributed by atoms with Crippen LogP contribution in [-0.4, -0.2) is 36.1 Å². The number of ether oxygens (including phenoxy) is 1. The number of aromatic amines is 1. The van der Waals surface area contributed by atoms with Crippen molar-refractivity contribution in [2.45, 2.75) is 12.6 Å². The van der Waals surface area contributed by atoms with Crippen molar-refractivity contribution in [2.75, 3.05) is 5.75 Å². The van der Waals surface area contributed by atoms with Crippen molar-refractivity contribution in [3.63, 3.8) is 0 Å². The number of amides is 1. The van der Waals surface area contributed by atoms with E-state index in [0.29, 0.717) is 5.75 Å². The summed E-state index contributed by atoms with van der Waals surface area (Å²) >= 11 is 0. The van der Waals surface area contributed by atoms with Gasteiger partial charge >= 0.3 is 0 Å². The number of nitrogens with one attached hydrogen (secondary N) is 2. The van der Waals surface area contributed by atoms with Crippen LogP contribution in [0.15, 0.2) is 46.7 Å². The topological polar surface area (TPSA) is 118 Å². The Hall–Kier alpha value is -3.01. The van der Waals surface area contributed by atoms with E-state index in [1.807, 2.05) is 0 Å². The molecule has 10 heteroatoms. The first-order chi connectivity index (χ1) is 12.3. The molecule has 0 aliphatic carbocycles. The van der Waals surface area contributed by atoms with Crippen molar-refractivity contribution in [1.29, 1.82) is 0 Å². The molecule has 1 aromatic heterocycles. The van der Waals surface area contributed by atoms with Gasteiger partial charge in [-0.05, 0) is 30.3 Å². The van der Waals surface area contributed by atoms with Crippen LogP contribution in [0.4, 0.5) is 4.39 Å². The second kappa shape index (κ2) is 7.08. The van der Waals surface area contributed by atoms with Crippen molar-refractivity contribution < 1.29 is 22.3 Å². The normalized spacial score (nSPS) is 17.8. The standard InChI is InChI=1S/C16H14FN3O5S/c17-10-1-3-12(4-2-10)25-8-14-18-7-13(16(22)20-14)15(21)19-11-5-6-26(23,24)9-11/h1-7,11H,8-9H2,(H,19,21)(H,18,20,22)/t11-/m0/s1. The number of halogens is 1. The van der Waals surface area contributed by atoms with Gasteiger partial charge in [0.1, 0.15) is 29.6 Å². The summed E-state index contributed by atoms with van der Waals surface area (Å²) in [6.07, 6.45) is 2.43. The van der Waals surface area contributed by atoms with Crippen LogP contribution >= 0.6 is 0 Å². The second-order valence-corrected chi connectivity index (χ2v) is 7.48. The summed E-state index contributed by atoms with van der Waals surface area (Å²) < 4.78 is 40.8. The Morgan fingerprint density at radius 3 is 2.69 bits per heavy atom. The Labute approximate surface area is 147 Å². The molecule has 1 aliphatic rings. The molecule has 0 fully saturated rings. The highest BCUT2D eigenvalue weighted by Gasteiger charge is 2.24. The number of aromatic nitrogens is 2. The summed E-state index contributed by atoms with van der Waals surface area (Å²) in [5, 5.41) is 3.47. The number of hydrogen-bond acceptors (Lipinski definition) is 6. The smallest absolute Gasteiger partial charge is 0.263 e. The Balaban J connectivity index is 1.63. The van der Waals surface area contributed by atoms with Crippen LogP contribution < -0.4 is 15.6 Å². The molecule has 1 amide bonds. The Morgan fingerprint density at radius 1 is 1.35 bits per heavy atom. The number of benzene rings is 1. The van der Waals surface area contributed by atoms with E-state index >= 15 is 0 Å². The average molecular weight is 379 g/mol. The number of sulfone groups is 1. The molecule has 8 nitrogen and oxygen atoms in total. The van der Waals surface area contributed by atoms with E-state index in [4.69, 9.17) is 4.74 Å². The SMILES string of the molecule is O=C(N[C@H]1C=CS(=O)(=O)C1)c1cnc(COc2ccc(F)cc2)[nH]c1=O. The zero-order chi connectivity index (χ0) is 18.7. The fourth-order valence-electron chi connectivity index (χ4n) is 2.26. The van der Waals surface area contributed by atoms with Crippen LogP contribution in [0.1, 0.15) is 16.2 Å². The lowest BCUT2D eigenvalue weighted by molar-refractivity contribution is 0.0945. The lowest BCUT2D eigenvalue weighted by Crippen LogP contribution is -2.38. The molecule has 1 aromatic carbocycles. The van der Waals surface area contributed by atoms with Gasteiger partial charge in [0.05, 0.1) is 11.8 Å². The number of rotatable bonds is 5. The molecule has 2 aromatic rings. The maximum atomic E-state index is 12.8. The summed E-state index contributed by atoms with van der Waals surface area (Å²) in [5.74, 6) is -0.793. The van der Waals surface area contributed by atoms with Crippen molar-refractivity contribution in [3.05, 3.63) is 69.5 Å². The highest BCUT2D eigenvalue weighted by molar-refractivity contribution is 7.94. The zero-order valence-corrected chi connectivity index (χ0v) is 14.1. The predicted molar refractivity (Wildman–Crippen MR) is 89.8 cm³/mol. The summed E-state index contributed by atoms with van der Waals surface area (Å²) in [6.45, 7) is -0.0770. The van der Waals surface area contributed by atoms with Crippen molar-refractivity contribution in [2.24, 2.45) is 0 Å². The van der Waals surface area contributed by atoms with E-state index in [9.17, 15) is 22.4 Å². The zero-order valence-electron chi connectivity index (χ0n) is 13.3. The van der Waals surface area contributed by atoms with Crippen molar-refractivity contribution >= 4 is 15.7 Å². The van der Waals surface area contributed by atoms with Crippen LogP contribution in [0.5, 0.6) is 5.75 Å².